The molecule has 1 aromatic heterocycles. The summed E-state index contributed by atoms with van der Waals surface area (Å²) >= 11 is 0. The number of anilines is 1. The number of rotatable bonds is 6. The molecule has 0 saturated carbocycles. The minimum Gasteiger partial charge on any atom is -0.383 e. The monoisotopic (exact) mass is 425 g/mol. The summed E-state index contributed by atoms with van der Waals surface area (Å²) < 4.78 is 5.09. The fraction of sp³-hybridized carbons (Fsp3) is 0.455. The molecule has 0 aliphatic carbocycles. The molecule has 9 heteroatoms. The maximum Gasteiger partial charge on any atom is 0.255 e. The van der Waals surface area contributed by atoms with Gasteiger partial charge in [0.25, 0.3) is 17.4 Å². The Morgan fingerprint density at radius 2 is 2.13 bits per heavy atom. The van der Waals surface area contributed by atoms with Crippen molar-refractivity contribution in [3.05, 3.63) is 57.0 Å². The summed E-state index contributed by atoms with van der Waals surface area (Å²) in [5.41, 5.74) is 2.28. The number of fused-ring (bicyclic) bond motifs is 1. The number of nitrogens with zero attached hydrogens (tertiary/aromatic N) is 4. The van der Waals surface area contributed by atoms with Gasteiger partial charge in [0, 0.05) is 59.4 Å². The van der Waals surface area contributed by atoms with Crippen LogP contribution in [-0.4, -0.2) is 79.0 Å². The normalized spacial score (nSPS) is 17.9. The van der Waals surface area contributed by atoms with Crippen molar-refractivity contribution >= 4 is 17.8 Å². The molecule has 1 aromatic carbocycles. The molecule has 0 spiro atoms. The summed E-state index contributed by atoms with van der Waals surface area (Å²) in [6, 6.07) is 6.95. The van der Waals surface area contributed by atoms with Crippen molar-refractivity contribution in [2.75, 3.05) is 52.3 Å². The molecule has 0 bridgehead atoms. The molecule has 1 N–H and O–H groups in total. The van der Waals surface area contributed by atoms with E-state index >= 15 is 0 Å². The van der Waals surface area contributed by atoms with Crippen molar-refractivity contribution in [1.82, 2.24) is 19.8 Å². The SMILES string of the molecule is COCCN1Cc2cccc(C(=O)N3CC[C@H](c4cc(=O)[nH]c(N(C)C)n4)C3)c2C1=O. The van der Waals surface area contributed by atoms with Gasteiger partial charge in [-0.25, -0.2) is 4.98 Å². The van der Waals surface area contributed by atoms with E-state index in [0.717, 1.165) is 12.0 Å². The van der Waals surface area contributed by atoms with E-state index in [4.69, 9.17) is 4.74 Å². The van der Waals surface area contributed by atoms with Gasteiger partial charge in [-0.2, -0.15) is 0 Å². The van der Waals surface area contributed by atoms with Gasteiger partial charge in [-0.15, -0.1) is 0 Å². The molecule has 2 aromatic rings. The van der Waals surface area contributed by atoms with Crippen LogP contribution in [0.3, 0.4) is 0 Å². The van der Waals surface area contributed by atoms with Crippen molar-refractivity contribution in [1.29, 1.82) is 0 Å². The summed E-state index contributed by atoms with van der Waals surface area (Å²) in [4.78, 5) is 50.7. The second-order valence-electron chi connectivity index (χ2n) is 8.18. The number of carbonyl (C=O) groups excluding carboxylic acids is 2. The Bertz CT molecular complexity index is 1060. The second kappa shape index (κ2) is 8.50. The van der Waals surface area contributed by atoms with E-state index in [1.807, 2.05) is 26.2 Å². The van der Waals surface area contributed by atoms with E-state index < -0.39 is 0 Å². The first-order valence-corrected chi connectivity index (χ1v) is 10.4. The average Bonchev–Trinajstić information content (AvgIpc) is 3.36. The van der Waals surface area contributed by atoms with Crippen LogP contribution < -0.4 is 10.5 Å². The van der Waals surface area contributed by atoms with E-state index in [-0.39, 0.29) is 23.3 Å². The highest BCUT2D eigenvalue weighted by Crippen LogP contribution is 2.30. The van der Waals surface area contributed by atoms with Gasteiger partial charge in [0.2, 0.25) is 5.95 Å². The van der Waals surface area contributed by atoms with E-state index in [1.165, 1.54) is 6.07 Å². The predicted molar refractivity (Wildman–Crippen MR) is 116 cm³/mol. The third kappa shape index (κ3) is 4.05. The molecule has 1 fully saturated rings. The van der Waals surface area contributed by atoms with Crippen LogP contribution in [0.1, 0.15) is 44.3 Å². The number of hydrogen-bond donors (Lipinski definition) is 1. The Morgan fingerprint density at radius 1 is 1.32 bits per heavy atom. The van der Waals surface area contributed by atoms with Gasteiger partial charge in [-0.3, -0.25) is 19.4 Å². The Morgan fingerprint density at radius 3 is 2.87 bits per heavy atom. The average molecular weight is 425 g/mol. The molecular weight excluding hydrogens is 398 g/mol. The fourth-order valence-electron chi connectivity index (χ4n) is 4.22. The Balaban J connectivity index is 1.54. The summed E-state index contributed by atoms with van der Waals surface area (Å²) in [6.07, 6.45) is 0.720. The first kappa shape index (κ1) is 21.0. The van der Waals surface area contributed by atoms with Crippen LogP contribution in [0, 0.1) is 0 Å². The molecule has 2 aliphatic heterocycles. The summed E-state index contributed by atoms with van der Waals surface area (Å²) in [5.74, 6) is 0.197. The number of aromatic nitrogens is 2. The van der Waals surface area contributed by atoms with Crippen LogP contribution in [0.4, 0.5) is 5.95 Å². The predicted octanol–water partition coefficient (Wildman–Crippen LogP) is 1.07. The van der Waals surface area contributed by atoms with Crippen LogP contribution in [0.5, 0.6) is 0 Å². The third-order valence-electron chi connectivity index (χ3n) is 5.88. The van der Waals surface area contributed by atoms with Crippen LogP contribution in [-0.2, 0) is 11.3 Å². The molecule has 4 rings (SSSR count). The highest BCUT2D eigenvalue weighted by molar-refractivity contribution is 6.09. The summed E-state index contributed by atoms with van der Waals surface area (Å²) in [5, 5.41) is 0. The van der Waals surface area contributed by atoms with Crippen LogP contribution in [0.15, 0.2) is 29.1 Å². The zero-order valence-corrected chi connectivity index (χ0v) is 18.1. The van der Waals surface area contributed by atoms with Crippen molar-refractivity contribution in [2.45, 2.75) is 18.9 Å². The van der Waals surface area contributed by atoms with Gasteiger partial charge in [-0.1, -0.05) is 12.1 Å². The van der Waals surface area contributed by atoms with Gasteiger partial charge in [0.15, 0.2) is 0 Å². The third-order valence-corrected chi connectivity index (χ3v) is 5.88. The highest BCUT2D eigenvalue weighted by Gasteiger charge is 2.35. The van der Waals surface area contributed by atoms with Crippen LogP contribution in [0.2, 0.25) is 0 Å². The minimum absolute atomic E-state index is 0.0180. The minimum atomic E-state index is -0.207. The largest absolute Gasteiger partial charge is 0.383 e. The van der Waals surface area contributed by atoms with Crippen LogP contribution in [0.25, 0.3) is 0 Å². The van der Waals surface area contributed by atoms with Gasteiger partial charge in [0.05, 0.1) is 23.4 Å². The number of likely N-dealkylation sites (tertiary alicyclic amines) is 1. The van der Waals surface area contributed by atoms with E-state index in [9.17, 15) is 14.4 Å². The van der Waals surface area contributed by atoms with E-state index in [0.29, 0.717) is 55.6 Å². The number of benzene rings is 1. The first-order valence-electron chi connectivity index (χ1n) is 10.4. The molecule has 1 atom stereocenters. The van der Waals surface area contributed by atoms with Gasteiger partial charge in [-0.05, 0) is 18.1 Å². The highest BCUT2D eigenvalue weighted by atomic mass is 16.5. The topological polar surface area (TPSA) is 98.8 Å². The number of nitrogens with one attached hydrogen (secondary N) is 1. The maximum absolute atomic E-state index is 13.3. The maximum atomic E-state index is 13.3. The smallest absolute Gasteiger partial charge is 0.255 e. The molecule has 9 nitrogen and oxygen atoms in total. The molecule has 2 amide bonds. The van der Waals surface area contributed by atoms with E-state index in [2.05, 4.69) is 9.97 Å². The summed E-state index contributed by atoms with van der Waals surface area (Å²) in [6.45, 7) is 2.46. The molecular formula is C22H27N5O4. The molecule has 2 aliphatic rings. The van der Waals surface area contributed by atoms with Gasteiger partial charge >= 0.3 is 0 Å². The molecule has 3 heterocycles. The molecule has 0 radical (unpaired) electrons. The molecule has 31 heavy (non-hydrogen) atoms. The van der Waals surface area contributed by atoms with Crippen molar-refractivity contribution < 1.29 is 14.3 Å². The lowest BCUT2D eigenvalue weighted by molar-refractivity contribution is 0.0707. The lowest BCUT2D eigenvalue weighted by Crippen LogP contribution is -2.32. The number of aromatic amines is 1. The first-order chi connectivity index (χ1) is 14.9. The lowest BCUT2D eigenvalue weighted by Gasteiger charge is -2.19. The number of H-pyrrole nitrogens is 1. The van der Waals surface area contributed by atoms with Gasteiger partial charge in [0.1, 0.15) is 0 Å². The Labute approximate surface area is 180 Å². The van der Waals surface area contributed by atoms with E-state index in [1.54, 1.807) is 27.9 Å². The van der Waals surface area contributed by atoms with Crippen molar-refractivity contribution in [3.63, 3.8) is 0 Å². The zero-order chi connectivity index (χ0) is 22.1. The number of hydrogen-bond acceptors (Lipinski definition) is 6. The van der Waals surface area contributed by atoms with Gasteiger partial charge < -0.3 is 19.4 Å². The summed E-state index contributed by atoms with van der Waals surface area (Å²) in [7, 11) is 5.23. The fourth-order valence-corrected chi connectivity index (χ4v) is 4.22. The number of amides is 2. The zero-order valence-electron chi connectivity index (χ0n) is 18.1. The Hall–Kier alpha value is -3.20. The number of carbonyl (C=O) groups is 2. The van der Waals surface area contributed by atoms with Crippen LogP contribution >= 0.6 is 0 Å². The number of ether oxygens (including phenoxy) is 1. The van der Waals surface area contributed by atoms with Crippen molar-refractivity contribution in [2.24, 2.45) is 0 Å². The standard InChI is InChI=1S/C22H27N5O4/c1-25(2)22-23-17(11-18(28)24-22)14-7-8-26(12-14)20(29)16-6-4-5-15-13-27(9-10-31-3)21(30)19(15)16/h4-6,11,14H,7-10,12-13H2,1-3H3,(H,23,24,28)/t14-/m0/s1. The number of methoxy groups -OCH3 is 1. The quantitative estimate of drug-likeness (QED) is 0.743. The molecule has 1 saturated heterocycles. The van der Waals surface area contributed by atoms with Crippen molar-refractivity contribution in [3.8, 4) is 0 Å². The second-order valence-corrected chi connectivity index (χ2v) is 8.18. The Kier molecular flexibility index (Phi) is 5.77. The molecule has 0 unspecified atom stereocenters. The lowest BCUT2D eigenvalue weighted by atomic mass is 10.0. The molecule has 164 valence electrons.